The lowest BCUT2D eigenvalue weighted by Crippen LogP contribution is -2.36. The molecule has 0 saturated heterocycles. The molecular formula is C15H21NO4S. The number of ether oxygens (including phenoxy) is 1. The van der Waals surface area contributed by atoms with Gasteiger partial charge in [-0.1, -0.05) is 6.92 Å². The van der Waals surface area contributed by atoms with Gasteiger partial charge in [-0.15, -0.1) is 0 Å². The van der Waals surface area contributed by atoms with Gasteiger partial charge in [-0.25, -0.2) is 13.1 Å². The predicted molar refractivity (Wildman–Crippen MR) is 81.0 cm³/mol. The lowest BCUT2D eigenvalue weighted by Gasteiger charge is -2.16. The SMILES string of the molecule is CCC(C)S(=O)(=O)NC(=O)c1ccc2c(c1)CC(C)(C)O2. The molecule has 0 fully saturated rings. The minimum atomic E-state index is -3.63. The minimum absolute atomic E-state index is 0.291. The summed E-state index contributed by atoms with van der Waals surface area (Å²) in [5.74, 6) is 0.157. The van der Waals surface area contributed by atoms with Crippen LogP contribution in [0.5, 0.6) is 5.75 Å². The van der Waals surface area contributed by atoms with Crippen LogP contribution in [0.4, 0.5) is 0 Å². The first-order valence-corrected chi connectivity index (χ1v) is 8.57. The molecular weight excluding hydrogens is 290 g/mol. The maximum atomic E-state index is 12.1. The zero-order valence-corrected chi connectivity index (χ0v) is 13.6. The molecule has 1 atom stereocenters. The fourth-order valence-corrected chi connectivity index (χ4v) is 3.28. The van der Waals surface area contributed by atoms with Gasteiger partial charge in [0.05, 0.1) is 5.25 Å². The van der Waals surface area contributed by atoms with Gasteiger partial charge in [0.15, 0.2) is 0 Å². The molecule has 1 aromatic rings. The zero-order valence-electron chi connectivity index (χ0n) is 12.8. The van der Waals surface area contributed by atoms with E-state index in [0.29, 0.717) is 18.4 Å². The quantitative estimate of drug-likeness (QED) is 0.925. The van der Waals surface area contributed by atoms with Crippen LogP contribution in [0.1, 0.15) is 50.0 Å². The number of amides is 1. The average Bonchev–Trinajstić information content (AvgIpc) is 2.69. The van der Waals surface area contributed by atoms with Crippen LogP contribution in [-0.4, -0.2) is 25.2 Å². The van der Waals surface area contributed by atoms with E-state index < -0.39 is 21.2 Å². The van der Waals surface area contributed by atoms with Gasteiger partial charge in [-0.05, 0) is 51.0 Å². The number of rotatable bonds is 4. The fourth-order valence-electron chi connectivity index (χ4n) is 2.26. The smallest absolute Gasteiger partial charge is 0.264 e. The molecule has 1 aliphatic heterocycles. The van der Waals surface area contributed by atoms with Crippen LogP contribution in [0.15, 0.2) is 18.2 Å². The van der Waals surface area contributed by atoms with E-state index in [0.717, 1.165) is 11.3 Å². The molecule has 116 valence electrons. The fraction of sp³-hybridized carbons (Fsp3) is 0.533. The molecule has 6 heteroatoms. The van der Waals surface area contributed by atoms with E-state index in [9.17, 15) is 13.2 Å². The highest BCUT2D eigenvalue weighted by atomic mass is 32.2. The summed E-state index contributed by atoms with van der Waals surface area (Å²) in [7, 11) is -3.63. The highest BCUT2D eigenvalue weighted by Gasteiger charge is 2.31. The number of benzene rings is 1. The molecule has 0 radical (unpaired) electrons. The Morgan fingerprint density at radius 1 is 1.43 bits per heavy atom. The standard InChI is InChI=1S/C15H21NO4S/c1-5-10(2)21(18,19)16-14(17)11-6-7-13-12(8-11)9-15(3,4)20-13/h6-8,10H,5,9H2,1-4H3,(H,16,17). The molecule has 0 spiro atoms. The summed E-state index contributed by atoms with van der Waals surface area (Å²) in [6.07, 6.45) is 1.15. The molecule has 1 heterocycles. The van der Waals surface area contributed by atoms with Gasteiger partial charge in [0.25, 0.3) is 5.91 Å². The minimum Gasteiger partial charge on any atom is -0.487 e. The van der Waals surface area contributed by atoms with E-state index in [1.165, 1.54) is 0 Å². The summed E-state index contributed by atoms with van der Waals surface area (Å²) in [6.45, 7) is 7.29. The topological polar surface area (TPSA) is 72.5 Å². The van der Waals surface area contributed by atoms with Crippen molar-refractivity contribution in [1.82, 2.24) is 4.72 Å². The molecule has 0 aliphatic carbocycles. The van der Waals surface area contributed by atoms with Crippen molar-refractivity contribution >= 4 is 15.9 Å². The van der Waals surface area contributed by atoms with Crippen molar-refractivity contribution in [2.45, 2.75) is 51.4 Å². The van der Waals surface area contributed by atoms with Crippen molar-refractivity contribution in [3.05, 3.63) is 29.3 Å². The second-order valence-electron chi connectivity index (χ2n) is 6.06. The normalized spacial score (nSPS) is 17.7. The Balaban J connectivity index is 2.20. The van der Waals surface area contributed by atoms with Crippen LogP contribution in [0.25, 0.3) is 0 Å². The first kappa shape index (κ1) is 15.8. The number of carbonyl (C=O) groups excluding carboxylic acids is 1. The van der Waals surface area contributed by atoms with Crippen LogP contribution in [-0.2, 0) is 16.4 Å². The molecule has 1 aromatic carbocycles. The molecule has 2 rings (SSSR count). The van der Waals surface area contributed by atoms with Gasteiger partial charge < -0.3 is 4.74 Å². The van der Waals surface area contributed by atoms with Gasteiger partial charge in [0, 0.05) is 12.0 Å². The van der Waals surface area contributed by atoms with Crippen LogP contribution < -0.4 is 9.46 Å². The van der Waals surface area contributed by atoms with Crippen molar-refractivity contribution in [1.29, 1.82) is 0 Å². The summed E-state index contributed by atoms with van der Waals surface area (Å²) in [5.41, 5.74) is 0.968. The highest BCUT2D eigenvalue weighted by Crippen LogP contribution is 2.35. The number of fused-ring (bicyclic) bond motifs is 1. The van der Waals surface area contributed by atoms with Crippen LogP contribution in [0.3, 0.4) is 0 Å². The van der Waals surface area contributed by atoms with E-state index in [1.807, 2.05) is 13.8 Å². The second-order valence-corrected chi connectivity index (χ2v) is 8.15. The summed E-state index contributed by atoms with van der Waals surface area (Å²) in [5, 5.41) is -0.599. The highest BCUT2D eigenvalue weighted by molar-refractivity contribution is 7.90. The lowest BCUT2D eigenvalue weighted by atomic mass is 10.0. The third-order valence-corrected chi connectivity index (χ3v) is 5.53. The van der Waals surface area contributed by atoms with E-state index in [2.05, 4.69) is 4.72 Å². The number of carbonyl (C=O) groups is 1. The van der Waals surface area contributed by atoms with Gasteiger partial charge in [0.2, 0.25) is 10.0 Å². The maximum absolute atomic E-state index is 12.1. The summed E-state index contributed by atoms with van der Waals surface area (Å²) < 4.78 is 31.7. The first-order valence-electron chi connectivity index (χ1n) is 7.02. The third-order valence-electron chi connectivity index (χ3n) is 3.66. The van der Waals surface area contributed by atoms with Gasteiger partial charge >= 0.3 is 0 Å². The summed E-state index contributed by atoms with van der Waals surface area (Å²) in [6, 6.07) is 5.00. The van der Waals surface area contributed by atoms with E-state index in [4.69, 9.17) is 4.74 Å². The number of hydrogen-bond donors (Lipinski definition) is 1. The summed E-state index contributed by atoms with van der Waals surface area (Å²) >= 11 is 0. The largest absolute Gasteiger partial charge is 0.487 e. The van der Waals surface area contributed by atoms with Crippen LogP contribution >= 0.6 is 0 Å². The Morgan fingerprint density at radius 2 is 2.10 bits per heavy atom. The molecule has 1 N–H and O–H groups in total. The van der Waals surface area contributed by atoms with E-state index in [-0.39, 0.29) is 5.60 Å². The van der Waals surface area contributed by atoms with E-state index in [1.54, 1.807) is 32.0 Å². The number of hydrogen-bond acceptors (Lipinski definition) is 4. The van der Waals surface area contributed by atoms with Crippen molar-refractivity contribution in [3.8, 4) is 5.75 Å². The van der Waals surface area contributed by atoms with Gasteiger partial charge in [-0.3, -0.25) is 4.79 Å². The molecule has 1 unspecified atom stereocenters. The van der Waals surface area contributed by atoms with Crippen molar-refractivity contribution in [2.24, 2.45) is 0 Å². The molecule has 1 amide bonds. The summed E-state index contributed by atoms with van der Waals surface area (Å²) in [4.78, 5) is 12.1. The Bertz CT molecular complexity index is 664. The molecule has 0 bridgehead atoms. The Hall–Kier alpha value is -1.56. The lowest BCUT2D eigenvalue weighted by molar-refractivity contribution is 0.0981. The first-order chi connectivity index (χ1) is 9.64. The molecule has 21 heavy (non-hydrogen) atoms. The van der Waals surface area contributed by atoms with Crippen molar-refractivity contribution in [3.63, 3.8) is 0 Å². The zero-order chi connectivity index (χ0) is 15.8. The predicted octanol–water partition coefficient (Wildman–Crippen LogP) is 2.26. The third kappa shape index (κ3) is 3.37. The van der Waals surface area contributed by atoms with E-state index >= 15 is 0 Å². The van der Waals surface area contributed by atoms with Gasteiger partial charge in [-0.2, -0.15) is 0 Å². The monoisotopic (exact) mass is 311 g/mol. The second kappa shape index (κ2) is 5.33. The van der Waals surface area contributed by atoms with Crippen LogP contribution in [0.2, 0.25) is 0 Å². The molecule has 0 aromatic heterocycles. The van der Waals surface area contributed by atoms with Gasteiger partial charge in [0.1, 0.15) is 11.4 Å². The molecule has 0 saturated carbocycles. The maximum Gasteiger partial charge on any atom is 0.264 e. The van der Waals surface area contributed by atoms with Crippen molar-refractivity contribution in [2.75, 3.05) is 0 Å². The van der Waals surface area contributed by atoms with Crippen molar-refractivity contribution < 1.29 is 17.9 Å². The Labute approximate surface area is 125 Å². The number of sulfonamides is 1. The molecule has 1 aliphatic rings. The van der Waals surface area contributed by atoms with Crippen LogP contribution in [0, 0.1) is 0 Å². The Kier molecular flexibility index (Phi) is 4.02. The number of nitrogens with one attached hydrogen (secondary N) is 1. The average molecular weight is 311 g/mol. The molecule has 5 nitrogen and oxygen atoms in total. The Morgan fingerprint density at radius 3 is 2.71 bits per heavy atom.